The predicted octanol–water partition coefficient (Wildman–Crippen LogP) is 0.679. The highest BCUT2D eigenvalue weighted by atomic mass is 16.2. The van der Waals surface area contributed by atoms with E-state index in [2.05, 4.69) is 24.2 Å². The van der Waals surface area contributed by atoms with Crippen molar-refractivity contribution in [2.45, 2.75) is 50.7 Å². The van der Waals surface area contributed by atoms with E-state index in [-0.39, 0.29) is 11.9 Å². The van der Waals surface area contributed by atoms with Gasteiger partial charge >= 0.3 is 0 Å². The molecule has 1 saturated carbocycles. The molecule has 0 aromatic rings. The Hall–Kier alpha value is -0.610. The third kappa shape index (κ3) is 2.99. The predicted molar refractivity (Wildman–Crippen MR) is 68.9 cm³/mol. The van der Waals surface area contributed by atoms with Crippen LogP contribution in [0.2, 0.25) is 0 Å². The molecule has 1 heterocycles. The first kappa shape index (κ1) is 12.8. The molecule has 2 unspecified atom stereocenters. The topological polar surface area (TPSA) is 35.6 Å². The summed E-state index contributed by atoms with van der Waals surface area (Å²) in [5.41, 5.74) is 0. The Kier molecular flexibility index (Phi) is 4.05. The van der Waals surface area contributed by atoms with Crippen molar-refractivity contribution in [3.05, 3.63) is 0 Å². The van der Waals surface area contributed by atoms with Crippen molar-refractivity contribution in [1.82, 2.24) is 15.1 Å². The Morgan fingerprint density at radius 1 is 1.47 bits per heavy atom. The smallest absolute Gasteiger partial charge is 0.239 e. The highest BCUT2D eigenvalue weighted by Gasteiger charge is 2.32. The SMILES string of the molecule is CNC1CCCN(CC(C)N(C)C2CC2)C1=O. The standard InChI is InChI=1S/C13H25N3O/c1-10(15(3)11-6-7-11)9-16-8-4-5-12(14-2)13(16)17/h10-12,14H,4-9H2,1-3H3. The fourth-order valence-corrected chi connectivity index (χ4v) is 2.68. The van der Waals surface area contributed by atoms with Crippen molar-refractivity contribution in [2.24, 2.45) is 0 Å². The summed E-state index contributed by atoms with van der Waals surface area (Å²) < 4.78 is 0. The number of hydrogen-bond acceptors (Lipinski definition) is 3. The van der Waals surface area contributed by atoms with E-state index in [0.717, 1.165) is 32.0 Å². The van der Waals surface area contributed by atoms with E-state index in [0.29, 0.717) is 6.04 Å². The number of nitrogens with one attached hydrogen (secondary N) is 1. The first-order valence-electron chi connectivity index (χ1n) is 6.81. The minimum Gasteiger partial charge on any atom is -0.340 e. The fraction of sp³-hybridized carbons (Fsp3) is 0.923. The van der Waals surface area contributed by atoms with E-state index in [9.17, 15) is 4.79 Å². The van der Waals surface area contributed by atoms with Gasteiger partial charge in [-0.25, -0.2) is 0 Å². The lowest BCUT2D eigenvalue weighted by Gasteiger charge is -2.36. The molecule has 17 heavy (non-hydrogen) atoms. The zero-order valence-corrected chi connectivity index (χ0v) is 11.3. The van der Waals surface area contributed by atoms with Crippen molar-refractivity contribution < 1.29 is 4.79 Å². The van der Waals surface area contributed by atoms with Crippen LogP contribution in [0.5, 0.6) is 0 Å². The molecule has 4 heteroatoms. The van der Waals surface area contributed by atoms with Gasteiger partial charge < -0.3 is 10.2 Å². The van der Waals surface area contributed by atoms with Crippen LogP contribution in [0, 0.1) is 0 Å². The molecule has 1 saturated heterocycles. The lowest BCUT2D eigenvalue weighted by Crippen LogP contribution is -2.53. The van der Waals surface area contributed by atoms with Gasteiger partial charge in [0.05, 0.1) is 6.04 Å². The van der Waals surface area contributed by atoms with Crippen molar-refractivity contribution in [3.63, 3.8) is 0 Å². The zero-order valence-electron chi connectivity index (χ0n) is 11.3. The fourth-order valence-electron chi connectivity index (χ4n) is 2.68. The zero-order chi connectivity index (χ0) is 12.4. The van der Waals surface area contributed by atoms with E-state index in [4.69, 9.17) is 0 Å². The van der Waals surface area contributed by atoms with Gasteiger partial charge in [-0.1, -0.05) is 0 Å². The number of likely N-dealkylation sites (N-methyl/N-ethyl adjacent to an activating group) is 2. The summed E-state index contributed by atoms with van der Waals surface area (Å²) in [6.45, 7) is 4.04. The van der Waals surface area contributed by atoms with E-state index < -0.39 is 0 Å². The minimum absolute atomic E-state index is 0.0437. The monoisotopic (exact) mass is 239 g/mol. The molecule has 1 N–H and O–H groups in total. The molecule has 4 nitrogen and oxygen atoms in total. The molecule has 2 fully saturated rings. The Balaban J connectivity index is 1.86. The summed E-state index contributed by atoms with van der Waals surface area (Å²) in [6.07, 6.45) is 4.76. The highest BCUT2D eigenvalue weighted by molar-refractivity contribution is 5.82. The summed E-state index contributed by atoms with van der Waals surface area (Å²) in [5.74, 6) is 0.287. The van der Waals surface area contributed by atoms with Crippen LogP contribution in [0.25, 0.3) is 0 Å². The van der Waals surface area contributed by atoms with E-state index in [1.165, 1.54) is 12.8 Å². The number of rotatable bonds is 5. The van der Waals surface area contributed by atoms with Gasteiger partial charge in [0.2, 0.25) is 5.91 Å². The van der Waals surface area contributed by atoms with Crippen LogP contribution in [-0.4, -0.2) is 61.0 Å². The first-order valence-corrected chi connectivity index (χ1v) is 6.81. The van der Waals surface area contributed by atoms with Crippen molar-refractivity contribution >= 4 is 5.91 Å². The Bertz CT molecular complexity index is 278. The van der Waals surface area contributed by atoms with Crippen LogP contribution in [0.4, 0.5) is 0 Å². The number of amides is 1. The van der Waals surface area contributed by atoms with Gasteiger partial charge in [0.1, 0.15) is 0 Å². The maximum Gasteiger partial charge on any atom is 0.239 e. The van der Waals surface area contributed by atoms with E-state index >= 15 is 0 Å². The van der Waals surface area contributed by atoms with E-state index in [1.54, 1.807) is 0 Å². The number of nitrogens with zero attached hydrogens (tertiary/aromatic N) is 2. The lowest BCUT2D eigenvalue weighted by molar-refractivity contribution is -0.136. The summed E-state index contributed by atoms with van der Waals surface area (Å²) in [4.78, 5) is 16.6. The maximum absolute atomic E-state index is 12.1. The lowest BCUT2D eigenvalue weighted by atomic mass is 10.0. The molecular formula is C13H25N3O. The van der Waals surface area contributed by atoms with Crippen molar-refractivity contribution in [2.75, 3.05) is 27.2 Å². The number of hydrogen-bond donors (Lipinski definition) is 1. The number of carbonyl (C=O) groups excluding carboxylic acids is 1. The molecule has 2 rings (SSSR count). The van der Waals surface area contributed by atoms with Crippen LogP contribution < -0.4 is 5.32 Å². The quantitative estimate of drug-likeness (QED) is 0.766. The molecular weight excluding hydrogens is 214 g/mol. The van der Waals surface area contributed by atoms with Crippen LogP contribution in [0.1, 0.15) is 32.6 Å². The normalized spacial score (nSPS) is 27.6. The summed E-state index contributed by atoms with van der Waals surface area (Å²) >= 11 is 0. The molecule has 0 aromatic carbocycles. The molecule has 1 aliphatic heterocycles. The van der Waals surface area contributed by atoms with Gasteiger partial charge in [0.25, 0.3) is 0 Å². The third-order valence-corrected chi connectivity index (χ3v) is 4.18. The molecule has 0 radical (unpaired) electrons. The van der Waals surface area contributed by atoms with E-state index in [1.807, 2.05) is 11.9 Å². The van der Waals surface area contributed by atoms with Crippen molar-refractivity contribution in [3.8, 4) is 0 Å². The van der Waals surface area contributed by atoms with Gasteiger partial charge in [-0.3, -0.25) is 9.69 Å². The largest absolute Gasteiger partial charge is 0.340 e. The maximum atomic E-state index is 12.1. The molecule has 2 atom stereocenters. The van der Waals surface area contributed by atoms with Gasteiger partial charge in [-0.2, -0.15) is 0 Å². The molecule has 1 aliphatic carbocycles. The Labute approximate surface area is 104 Å². The number of carbonyl (C=O) groups is 1. The summed E-state index contributed by atoms with van der Waals surface area (Å²) in [5, 5.41) is 3.12. The van der Waals surface area contributed by atoms with Gasteiger partial charge in [0, 0.05) is 25.2 Å². The highest BCUT2D eigenvalue weighted by Crippen LogP contribution is 2.27. The molecule has 1 amide bonds. The molecule has 0 spiro atoms. The van der Waals surface area contributed by atoms with Crippen molar-refractivity contribution in [1.29, 1.82) is 0 Å². The Morgan fingerprint density at radius 3 is 2.76 bits per heavy atom. The molecule has 0 bridgehead atoms. The second kappa shape index (κ2) is 5.36. The summed E-state index contributed by atoms with van der Waals surface area (Å²) in [6, 6.07) is 1.29. The van der Waals surface area contributed by atoms with Gasteiger partial charge in [-0.15, -0.1) is 0 Å². The van der Waals surface area contributed by atoms with Crippen LogP contribution in [-0.2, 0) is 4.79 Å². The molecule has 2 aliphatic rings. The average Bonchev–Trinajstić information content (AvgIpc) is 3.15. The minimum atomic E-state index is 0.0437. The number of piperidine rings is 1. The molecule has 0 aromatic heterocycles. The first-order chi connectivity index (χ1) is 8.13. The van der Waals surface area contributed by atoms with Crippen LogP contribution in [0.15, 0.2) is 0 Å². The second-order valence-corrected chi connectivity index (χ2v) is 5.51. The number of likely N-dealkylation sites (tertiary alicyclic amines) is 1. The molecule has 98 valence electrons. The second-order valence-electron chi connectivity index (χ2n) is 5.51. The van der Waals surface area contributed by atoms with Gasteiger partial charge in [-0.05, 0) is 46.7 Å². The van der Waals surface area contributed by atoms with Crippen LogP contribution >= 0.6 is 0 Å². The summed E-state index contributed by atoms with van der Waals surface area (Å²) in [7, 11) is 4.07. The average molecular weight is 239 g/mol. The third-order valence-electron chi connectivity index (χ3n) is 4.18. The Morgan fingerprint density at radius 2 is 2.18 bits per heavy atom. The van der Waals surface area contributed by atoms with Crippen LogP contribution in [0.3, 0.4) is 0 Å². The van der Waals surface area contributed by atoms with Gasteiger partial charge in [0.15, 0.2) is 0 Å².